The van der Waals surface area contributed by atoms with Crippen molar-refractivity contribution in [3.63, 3.8) is 0 Å². The quantitative estimate of drug-likeness (QED) is 0.543. The number of nitrogens with zero attached hydrogens (tertiary/aromatic N) is 4. The van der Waals surface area contributed by atoms with Gasteiger partial charge in [-0.2, -0.15) is 0 Å². The summed E-state index contributed by atoms with van der Waals surface area (Å²) < 4.78 is 1.62. The Balaban J connectivity index is 1.27. The van der Waals surface area contributed by atoms with Gasteiger partial charge >= 0.3 is 0 Å². The van der Waals surface area contributed by atoms with Crippen LogP contribution in [0.15, 0.2) is 35.4 Å². The van der Waals surface area contributed by atoms with Gasteiger partial charge in [0, 0.05) is 50.2 Å². The number of fused-ring (bicyclic) bond motifs is 3. The van der Waals surface area contributed by atoms with E-state index < -0.39 is 0 Å². The lowest BCUT2D eigenvalue weighted by Crippen LogP contribution is -2.32. The first kappa shape index (κ1) is 22.1. The van der Waals surface area contributed by atoms with Crippen molar-refractivity contribution in [2.75, 3.05) is 25.0 Å². The minimum atomic E-state index is 0.00490. The van der Waals surface area contributed by atoms with Crippen LogP contribution in [0.1, 0.15) is 54.5 Å². The van der Waals surface area contributed by atoms with Crippen molar-refractivity contribution >= 4 is 33.1 Å². The van der Waals surface area contributed by atoms with Gasteiger partial charge in [-0.1, -0.05) is 18.2 Å². The minimum absolute atomic E-state index is 0.00490. The normalized spacial score (nSPS) is 16.1. The van der Waals surface area contributed by atoms with Crippen molar-refractivity contribution in [2.45, 2.75) is 64.5 Å². The molecule has 1 aliphatic heterocycles. The fraction of sp³-hybridized carbons (Fsp3) is 0.500. The smallest absolute Gasteiger partial charge is 0.262 e. The zero-order valence-electron chi connectivity index (χ0n) is 19.4. The highest BCUT2D eigenvalue weighted by Gasteiger charge is 2.21. The maximum absolute atomic E-state index is 13.2. The molecule has 1 saturated heterocycles. The Kier molecular flexibility index (Phi) is 6.49. The fourth-order valence-corrected chi connectivity index (χ4v) is 6.40. The summed E-state index contributed by atoms with van der Waals surface area (Å²) in [6.45, 7) is 3.11. The molecule has 1 fully saturated rings. The Morgan fingerprint density at radius 2 is 1.88 bits per heavy atom. The second-order valence-electron chi connectivity index (χ2n) is 9.31. The molecule has 3 heterocycles. The highest BCUT2D eigenvalue weighted by atomic mass is 32.1. The van der Waals surface area contributed by atoms with Crippen LogP contribution in [0, 0.1) is 0 Å². The Bertz CT molecular complexity index is 1210. The largest absolute Gasteiger partial charge is 0.371 e. The standard InChI is InChI=1S/C26H32N4O2S/c1-28(17-19-9-3-5-11-21(19)29-14-7-2-8-15-29)23(31)13-16-30-18-27-25-24(26(30)32)20-10-4-6-12-22(20)33-25/h3,5,9,11,18H,2,4,6-8,10,12-17H2,1H3. The number of hydrogen-bond donors (Lipinski definition) is 0. The molecule has 6 nitrogen and oxygen atoms in total. The van der Waals surface area contributed by atoms with Crippen molar-refractivity contribution in [3.8, 4) is 0 Å². The van der Waals surface area contributed by atoms with E-state index in [1.165, 1.54) is 47.4 Å². The molecule has 1 amide bonds. The predicted octanol–water partition coefficient (Wildman–Crippen LogP) is 4.38. The van der Waals surface area contributed by atoms with Gasteiger partial charge in [-0.3, -0.25) is 14.2 Å². The monoisotopic (exact) mass is 464 g/mol. The number of aryl methyl sites for hydroxylation is 3. The van der Waals surface area contributed by atoms with Crippen molar-refractivity contribution in [2.24, 2.45) is 0 Å². The molecule has 2 aliphatic rings. The fourth-order valence-electron chi connectivity index (χ4n) is 5.18. The minimum Gasteiger partial charge on any atom is -0.371 e. The highest BCUT2D eigenvalue weighted by molar-refractivity contribution is 7.18. The molecule has 0 unspecified atom stereocenters. The van der Waals surface area contributed by atoms with Crippen molar-refractivity contribution in [3.05, 3.63) is 57.0 Å². The second kappa shape index (κ2) is 9.67. The van der Waals surface area contributed by atoms with E-state index in [4.69, 9.17) is 0 Å². The third-order valence-electron chi connectivity index (χ3n) is 7.03. The number of aromatic nitrogens is 2. The number of carbonyl (C=O) groups excluding carboxylic acids is 1. The third kappa shape index (κ3) is 4.56. The van der Waals surface area contributed by atoms with E-state index in [-0.39, 0.29) is 11.5 Å². The second-order valence-corrected chi connectivity index (χ2v) is 10.4. The zero-order chi connectivity index (χ0) is 22.8. The van der Waals surface area contributed by atoms with Gasteiger partial charge in [0.1, 0.15) is 4.83 Å². The predicted molar refractivity (Wildman–Crippen MR) is 134 cm³/mol. The molecular weight excluding hydrogens is 432 g/mol. The summed E-state index contributed by atoms with van der Waals surface area (Å²) in [5, 5.41) is 0.786. The highest BCUT2D eigenvalue weighted by Crippen LogP contribution is 2.33. The van der Waals surface area contributed by atoms with Crippen LogP contribution in [-0.4, -0.2) is 40.5 Å². The Hall–Kier alpha value is -2.67. The molecule has 0 N–H and O–H groups in total. The van der Waals surface area contributed by atoms with Crippen molar-refractivity contribution in [1.29, 1.82) is 0 Å². The molecular formula is C26H32N4O2S. The van der Waals surface area contributed by atoms with Gasteiger partial charge in [-0.15, -0.1) is 11.3 Å². The Morgan fingerprint density at radius 1 is 1.09 bits per heavy atom. The van der Waals surface area contributed by atoms with Gasteiger partial charge in [-0.25, -0.2) is 4.98 Å². The molecule has 5 rings (SSSR count). The molecule has 0 saturated carbocycles. The Morgan fingerprint density at radius 3 is 2.73 bits per heavy atom. The van der Waals surface area contributed by atoms with Crippen LogP contribution < -0.4 is 10.5 Å². The number of rotatable bonds is 6. The van der Waals surface area contributed by atoms with E-state index in [1.807, 2.05) is 13.1 Å². The van der Waals surface area contributed by atoms with E-state index >= 15 is 0 Å². The molecule has 3 aromatic rings. The van der Waals surface area contributed by atoms with E-state index in [9.17, 15) is 9.59 Å². The van der Waals surface area contributed by atoms with E-state index in [0.29, 0.717) is 19.5 Å². The summed E-state index contributed by atoms with van der Waals surface area (Å²) in [5.74, 6) is 0.0443. The SMILES string of the molecule is CN(Cc1ccccc1N1CCCCC1)C(=O)CCn1cnc2sc3c(c2c1=O)CCCC3. The maximum atomic E-state index is 13.2. The lowest BCUT2D eigenvalue weighted by Gasteiger charge is -2.31. The number of amides is 1. The third-order valence-corrected chi connectivity index (χ3v) is 8.23. The molecule has 174 valence electrons. The Labute approximate surface area is 198 Å². The lowest BCUT2D eigenvalue weighted by molar-refractivity contribution is -0.130. The number of piperidine rings is 1. The first-order chi connectivity index (χ1) is 16.1. The van der Waals surface area contributed by atoms with Crippen LogP contribution in [-0.2, 0) is 30.7 Å². The molecule has 7 heteroatoms. The first-order valence-corrected chi connectivity index (χ1v) is 13.0. The van der Waals surface area contributed by atoms with Gasteiger partial charge in [0.15, 0.2) is 0 Å². The number of hydrogen-bond acceptors (Lipinski definition) is 5. The van der Waals surface area contributed by atoms with Crippen LogP contribution in [0.5, 0.6) is 0 Å². The van der Waals surface area contributed by atoms with Crippen molar-refractivity contribution in [1.82, 2.24) is 14.5 Å². The lowest BCUT2D eigenvalue weighted by atomic mass is 9.97. The number of benzene rings is 1. The van der Waals surface area contributed by atoms with E-state index in [1.54, 1.807) is 27.1 Å². The average Bonchev–Trinajstić information content (AvgIpc) is 3.23. The van der Waals surface area contributed by atoms with Gasteiger partial charge in [0.25, 0.3) is 5.56 Å². The summed E-state index contributed by atoms with van der Waals surface area (Å²) in [6, 6.07) is 8.41. The maximum Gasteiger partial charge on any atom is 0.262 e. The van der Waals surface area contributed by atoms with Crippen LogP contribution >= 0.6 is 11.3 Å². The van der Waals surface area contributed by atoms with Crippen LogP contribution in [0.25, 0.3) is 10.2 Å². The number of para-hydroxylation sites is 1. The summed E-state index contributed by atoms with van der Waals surface area (Å²) in [7, 11) is 1.86. The van der Waals surface area contributed by atoms with Gasteiger partial charge in [0.05, 0.1) is 11.7 Å². The summed E-state index contributed by atoms with van der Waals surface area (Å²) >= 11 is 1.66. The molecule has 0 atom stereocenters. The molecule has 1 aromatic carbocycles. The molecule has 0 bridgehead atoms. The summed E-state index contributed by atoms with van der Waals surface area (Å²) in [4.78, 5) is 37.0. The topological polar surface area (TPSA) is 58.4 Å². The van der Waals surface area contributed by atoms with E-state index in [0.717, 1.165) is 42.6 Å². The number of carbonyl (C=O) groups is 1. The number of anilines is 1. The van der Waals surface area contributed by atoms with Gasteiger partial charge in [-0.05, 0) is 62.1 Å². The first-order valence-electron chi connectivity index (χ1n) is 12.2. The van der Waals surface area contributed by atoms with Gasteiger partial charge in [0.2, 0.25) is 5.91 Å². The van der Waals surface area contributed by atoms with Crippen molar-refractivity contribution < 1.29 is 4.79 Å². The zero-order valence-corrected chi connectivity index (χ0v) is 20.2. The van der Waals surface area contributed by atoms with Gasteiger partial charge < -0.3 is 9.80 Å². The van der Waals surface area contributed by atoms with Crippen LogP contribution in [0.4, 0.5) is 5.69 Å². The van der Waals surface area contributed by atoms with Crippen LogP contribution in [0.3, 0.4) is 0 Å². The van der Waals surface area contributed by atoms with E-state index in [2.05, 4.69) is 28.1 Å². The average molecular weight is 465 g/mol. The molecule has 1 aliphatic carbocycles. The summed E-state index contributed by atoms with van der Waals surface area (Å²) in [6.07, 6.45) is 10.0. The molecule has 33 heavy (non-hydrogen) atoms. The summed E-state index contributed by atoms with van der Waals surface area (Å²) in [5.41, 5.74) is 3.63. The molecule has 2 aromatic heterocycles. The number of thiophene rings is 1. The molecule has 0 spiro atoms. The van der Waals surface area contributed by atoms with Crippen LogP contribution in [0.2, 0.25) is 0 Å². The molecule has 0 radical (unpaired) electrons.